The van der Waals surface area contributed by atoms with Gasteiger partial charge in [-0.25, -0.2) is 13.6 Å². The van der Waals surface area contributed by atoms with Crippen LogP contribution in [0.15, 0.2) is 28.0 Å². The van der Waals surface area contributed by atoms with Gasteiger partial charge in [0.25, 0.3) is 0 Å². The molecule has 3 N–H and O–H groups in total. The Labute approximate surface area is 98.5 Å². The van der Waals surface area contributed by atoms with Gasteiger partial charge in [0.1, 0.15) is 0 Å². The molecule has 5 nitrogen and oxygen atoms in total. The first-order valence-electron chi connectivity index (χ1n) is 4.33. The second-order valence-electron chi connectivity index (χ2n) is 3.09. The molecule has 0 unspecified atom stereocenters. The van der Waals surface area contributed by atoms with E-state index in [9.17, 15) is 13.2 Å². The number of rotatable bonds is 3. The molecule has 0 aliphatic rings. The van der Waals surface area contributed by atoms with Crippen molar-refractivity contribution in [3.05, 3.63) is 18.2 Å². The van der Waals surface area contributed by atoms with Gasteiger partial charge in [-0.3, -0.25) is 4.79 Å². The molecule has 0 saturated carbocycles. The number of anilines is 1. The van der Waals surface area contributed by atoms with Crippen LogP contribution in [-0.2, 0) is 14.8 Å². The van der Waals surface area contributed by atoms with Crippen molar-refractivity contribution in [2.75, 3.05) is 11.6 Å². The molecule has 1 amide bonds. The summed E-state index contributed by atoms with van der Waals surface area (Å²) in [6.07, 6.45) is 1.83. The Hall–Kier alpha value is -1.05. The molecule has 1 rings (SSSR count). The molecule has 0 aliphatic carbocycles. The zero-order valence-electron chi connectivity index (χ0n) is 8.85. The fourth-order valence-electron chi connectivity index (χ4n) is 1.15. The van der Waals surface area contributed by atoms with Gasteiger partial charge in [0.05, 0.1) is 10.6 Å². The van der Waals surface area contributed by atoms with E-state index in [4.69, 9.17) is 5.14 Å². The van der Waals surface area contributed by atoms with Crippen LogP contribution in [-0.4, -0.2) is 20.6 Å². The van der Waals surface area contributed by atoms with Crippen LogP contribution in [0.1, 0.15) is 6.92 Å². The van der Waals surface area contributed by atoms with Crippen LogP contribution < -0.4 is 10.5 Å². The van der Waals surface area contributed by atoms with Gasteiger partial charge in [0.15, 0.2) is 0 Å². The van der Waals surface area contributed by atoms with Crippen LogP contribution in [0.5, 0.6) is 0 Å². The van der Waals surface area contributed by atoms with Gasteiger partial charge >= 0.3 is 0 Å². The number of sulfonamides is 1. The molecule has 0 aliphatic heterocycles. The fraction of sp³-hybridized carbons (Fsp3) is 0.222. The summed E-state index contributed by atoms with van der Waals surface area (Å²) in [5, 5.41) is 7.56. The average molecular weight is 260 g/mol. The molecule has 0 bridgehead atoms. The zero-order chi connectivity index (χ0) is 12.3. The van der Waals surface area contributed by atoms with Crippen molar-refractivity contribution < 1.29 is 13.2 Å². The Kier molecular flexibility index (Phi) is 3.95. The molecule has 0 spiro atoms. The number of hydrogen-bond acceptors (Lipinski definition) is 4. The third-order valence-electron chi connectivity index (χ3n) is 1.81. The third kappa shape index (κ3) is 3.22. The SMILES string of the molecule is CSc1ccc(S(N)(=O)=O)cc1NC(C)=O. The van der Waals surface area contributed by atoms with Crippen molar-refractivity contribution in [3.8, 4) is 0 Å². The largest absolute Gasteiger partial charge is 0.325 e. The molecule has 0 saturated heterocycles. The highest BCUT2D eigenvalue weighted by Gasteiger charge is 2.11. The molecule has 1 aromatic carbocycles. The van der Waals surface area contributed by atoms with E-state index in [1.165, 1.54) is 30.8 Å². The molecule has 0 aromatic heterocycles. The number of primary sulfonamides is 1. The lowest BCUT2D eigenvalue weighted by Crippen LogP contribution is -2.13. The molecule has 88 valence electrons. The summed E-state index contributed by atoms with van der Waals surface area (Å²) in [7, 11) is -3.75. The first kappa shape index (κ1) is 13.0. The van der Waals surface area contributed by atoms with E-state index in [1.54, 1.807) is 6.07 Å². The molecule has 0 radical (unpaired) electrons. The number of benzene rings is 1. The Morgan fingerprint density at radius 1 is 1.44 bits per heavy atom. The lowest BCUT2D eigenvalue weighted by Gasteiger charge is -2.09. The first-order chi connectivity index (χ1) is 7.34. The Balaban J connectivity index is 3.27. The fourth-order valence-corrected chi connectivity index (χ4v) is 2.23. The monoisotopic (exact) mass is 260 g/mol. The van der Waals surface area contributed by atoms with E-state index in [0.29, 0.717) is 5.69 Å². The van der Waals surface area contributed by atoms with Crippen molar-refractivity contribution in [3.63, 3.8) is 0 Å². The van der Waals surface area contributed by atoms with Gasteiger partial charge in [0.2, 0.25) is 15.9 Å². The van der Waals surface area contributed by atoms with Crippen molar-refractivity contribution in [2.24, 2.45) is 5.14 Å². The van der Waals surface area contributed by atoms with Crippen LogP contribution >= 0.6 is 11.8 Å². The quantitative estimate of drug-likeness (QED) is 0.794. The summed E-state index contributed by atoms with van der Waals surface area (Å²) in [4.78, 5) is 11.7. The van der Waals surface area contributed by atoms with E-state index in [0.717, 1.165) is 4.90 Å². The smallest absolute Gasteiger partial charge is 0.238 e. The number of nitrogens with two attached hydrogens (primary N) is 1. The minimum Gasteiger partial charge on any atom is -0.325 e. The Bertz CT molecular complexity index is 511. The Morgan fingerprint density at radius 2 is 2.06 bits per heavy atom. The molecule has 1 aromatic rings. The summed E-state index contributed by atoms with van der Waals surface area (Å²) in [6.45, 7) is 1.35. The Morgan fingerprint density at radius 3 is 2.50 bits per heavy atom. The number of thioether (sulfide) groups is 1. The zero-order valence-corrected chi connectivity index (χ0v) is 10.5. The van der Waals surface area contributed by atoms with Crippen molar-refractivity contribution in [1.29, 1.82) is 0 Å². The second-order valence-corrected chi connectivity index (χ2v) is 5.50. The van der Waals surface area contributed by atoms with Crippen LogP contribution in [0.4, 0.5) is 5.69 Å². The van der Waals surface area contributed by atoms with Gasteiger partial charge in [-0.2, -0.15) is 0 Å². The topological polar surface area (TPSA) is 89.3 Å². The minimum atomic E-state index is -3.75. The van der Waals surface area contributed by atoms with Crippen LogP contribution in [0, 0.1) is 0 Å². The maximum Gasteiger partial charge on any atom is 0.238 e. The third-order valence-corrected chi connectivity index (χ3v) is 3.52. The van der Waals surface area contributed by atoms with Crippen molar-refractivity contribution >= 4 is 33.4 Å². The van der Waals surface area contributed by atoms with Gasteiger partial charge in [-0.05, 0) is 24.5 Å². The molecule has 0 fully saturated rings. The standard InChI is InChI=1S/C9H12N2O3S2/c1-6(12)11-8-5-7(16(10,13)14)3-4-9(8)15-2/h3-5H,1-2H3,(H,11,12)(H2,10,13,14). The van der Waals surface area contributed by atoms with E-state index in [2.05, 4.69) is 5.32 Å². The van der Waals surface area contributed by atoms with E-state index >= 15 is 0 Å². The second kappa shape index (κ2) is 4.86. The van der Waals surface area contributed by atoms with E-state index in [-0.39, 0.29) is 10.8 Å². The molecular weight excluding hydrogens is 248 g/mol. The number of nitrogens with one attached hydrogen (secondary N) is 1. The van der Waals surface area contributed by atoms with Gasteiger partial charge in [0, 0.05) is 11.8 Å². The highest BCUT2D eigenvalue weighted by molar-refractivity contribution is 7.98. The lowest BCUT2D eigenvalue weighted by atomic mass is 10.3. The van der Waals surface area contributed by atoms with Crippen LogP contribution in [0.25, 0.3) is 0 Å². The van der Waals surface area contributed by atoms with Crippen LogP contribution in [0.3, 0.4) is 0 Å². The molecule has 16 heavy (non-hydrogen) atoms. The average Bonchev–Trinajstić information content (AvgIpc) is 2.15. The molecular formula is C9H12N2O3S2. The van der Waals surface area contributed by atoms with Gasteiger partial charge in [-0.1, -0.05) is 0 Å². The normalized spacial score (nSPS) is 11.2. The van der Waals surface area contributed by atoms with E-state index < -0.39 is 10.0 Å². The van der Waals surface area contributed by atoms with Crippen molar-refractivity contribution in [1.82, 2.24) is 0 Å². The summed E-state index contributed by atoms with van der Waals surface area (Å²) >= 11 is 1.41. The number of amides is 1. The van der Waals surface area contributed by atoms with Gasteiger partial charge in [-0.15, -0.1) is 11.8 Å². The molecule has 0 heterocycles. The van der Waals surface area contributed by atoms with Crippen molar-refractivity contribution in [2.45, 2.75) is 16.7 Å². The summed E-state index contributed by atoms with van der Waals surface area (Å²) < 4.78 is 22.3. The maximum absolute atomic E-state index is 11.1. The molecule has 0 atom stereocenters. The predicted octanol–water partition coefficient (Wildman–Crippen LogP) is 1.01. The van der Waals surface area contributed by atoms with Gasteiger partial charge < -0.3 is 5.32 Å². The highest BCUT2D eigenvalue weighted by Crippen LogP contribution is 2.27. The highest BCUT2D eigenvalue weighted by atomic mass is 32.2. The lowest BCUT2D eigenvalue weighted by molar-refractivity contribution is -0.114. The predicted molar refractivity (Wildman–Crippen MR) is 63.9 cm³/mol. The van der Waals surface area contributed by atoms with Crippen LogP contribution in [0.2, 0.25) is 0 Å². The van der Waals surface area contributed by atoms with E-state index in [1.807, 2.05) is 6.26 Å². The minimum absolute atomic E-state index is 0.0194. The number of hydrogen-bond donors (Lipinski definition) is 2. The maximum atomic E-state index is 11.1. The summed E-state index contributed by atoms with van der Waals surface area (Å²) in [6, 6.07) is 4.37. The summed E-state index contributed by atoms with van der Waals surface area (Å²) in [5.74, 6) is -0.262. The number of carbonyl (C=O) groups excluding carboxylic acids is 1. The number of carbonyl (C=O) groups is 1. The molecule has 7 heteroatoms. The summed E-state index contributed by atoms with van der Waals surface area (Å²) in [5.41, 5.74) is 0.450. The first-order valence-corrected chi connectivity index (χ1v) is 7.10.